The predicted molar refractivity (Wildman–Crippen MR) is 103 cm³/mol. The molecule has 0 aliphatic carbocycles. The maximum atomic E-state index is 12.9. The molecule has 1 saturated heterocycles. The molecule has 0 unspecified atom stereocenters. The van der Waals surface area contributed by atoms with Gasteiger partial charge in [0, 0.05) is 13.1 Å². The Labute approximate surface area is 156 Å². The van der Waals surface area contributed by atoms with Crippen molar-refractivity contribution < 1.29 is 13.5 Å². The number of nitrogens with zero attached hydrogens (tertiary/aromatic N) is 1. The van der Waals surface area contributed by atoms with Gasteiger partial charge < -0.3 is 5.11 Å². The largest absolute Gasteiger partial charge is 0.385 e. The van der Waals surface area contributed by atoms with E-state index in [0.717, 1.165) is 24.8 Å². The first-order chi connectivity index (χ1) is 12.5. The first-order valence-corrected chi connectivity index (χ1v) is 10.8. The number of unbranched alkanes of at least 4 members (excludes halogenated alkanes) is 1. The monoisotopic (exact) mass is 373 g/mol. The summed E-state index contributed by atoms with van der Waals surface area (Å²) in [6.45, 7) is 2.79. The standard InChI is InChI=1S/C21H27NO3S/c1-2-3-7-18-10-12-20(13-11-18)26(24,25)22-16-14-21(23,15-17-22)19-8-5-4-6-9-19/h4-6,8-13,23H,2-3,7,14-17H2,1H3. The molecule has 4 nitrogen and oxygen atoms in total. The molecule has 2 aromatic rings. The third-order valence-corrected chi connectivity index (χ3v) is 7.15. The first-order valence-electron chi connectivity index (χ1n) is 9.33. The average Bonchev–Trinajstić information content (AvgIpc) is 2.68. The van der Waals surface area contributed by atoms with Crippen LogP contribution in [0.4, 0.5) is 0 Å². The van der Waals surface area contributed by atoms with Crippen molar-refractivity contribution in [1.29, 1.82) is 0 Å². The summed E-state index contributed by atoms with van der Waals surface area (Å²) < 4.78 is 27.3. The van der Waals surface area contributed by atoms with Crippen molar-refractivity contribution in [3.8, 4) is 0 Å². The van der Waals surface area contributed by atoms with Crippen LogP contribution >= 0.6 is 0 Å². The molecule has 0 atom stereocenters. The van der Waals surface area contributed by atoms with Gasteiger partial charge in [-0.2, -0.15) is 4.31 Å². The van der Waals surface area contributed by atoms with Crippen molar-refractivity contribution in [2.45, 2.75) is 49.5 Å². The van der Waals surface area contributed by atoms with Crippen molar-refractivity contribution in [2.75, 3.05) is 13.1 Å². The van der Waals surface area contributed by atoms with Crippen LogP contribution in [0.5, 0.6) is 0 Å². The molecule has 0 bridgehead atoms. The molecule has 0 radical (unpaired) electrons. The second-order valence-corrected chi connectivity index (χ2v) is 8.99. The van der Waals surface area contributed by atoms with Gasteiger partial charge in [0.2, 0.25) is 10.0 Å². The minimum Gasteiger partial charge on any atom is -0.385 e. The van der Waals surface area contributed by atoms with Crippen molar-refractivity contribution in [2.24, 2.45) is 0 Å². The zero-order chi connectivity index (χ0) is 18.6. The maximum absolute atomic E-state index is 12.9. The molecule has 2 aromatic carbocycles. The van der Waals surface area contributed by atoms with Crippen molar-refractivity contribution in [1.82, 2.24) is 4.31 Å². The molecule has 1 fully saturated rings. The van der Waals surface area contributed by atoms with Crippen LogP contribution in [0.15, 0.2) is 59.5 Å². The second kappa shape index (κ2) is 7.91. The van der Waals surface area contributed by atoms with E-state index in [0.29, 0.717) is 30.8 Å². The third kappa shape index (κ3) is 4.00. The highest BCUT2D eigenvalue weighted by Gasteiger charge is 2.38. The van der Waals surface area contributed by atoms with Crippen LogP contribution in [-0.4, -0.2) is 30.9 Å². The molecule has 0 saturated carbocycles. The summed E-state index contributed by atoms with van der Waals surface area (Å²) in [6, 6.07) is 16.7. The molecule has 0 amide bonds. The van der Waals surface area contributed by atoms with Gasteiger partial charge in [0.25, 0.3) is 0 Å². The van der Waals surface area contributed by atoms with Gasteiger partial charge >= 0.3 is 0 Å². The van der Waals surface area contributed by atoms with Gasteiger partial charge in [-0.3, -0.25) is 0 Å². The summed E-state index contributed by atoms with van der Waals surface area (Å²) in [5.41, 5.74) is 1.08. The van der Waals surface area contributed by atoms with Crippen molar-refractivity contribution in [3.05, 3.63) is 65.7 Å². The maximum Gasteiger partial charge on any atom is 0.243 e. The van der Waals surface area contributed by atoms with Crippen LogP contribution in [0.2, 0.25) is 0 Å². The van der Waals surface area contributed by atoms with Gasteiger partial charge in [0.05, 0.1) is 10.5 Å². The number of rotatable bonds is 6. The molecule has 26 heavy (non-hydrogen) atoms. The fourth-order valence-corrected chi connectivity index (χ4v) is 4.93. The van der Waals surface area contributed by atoms with E-state index in [1.165, 1.54) is 9.87 Å². The molecular weight excluding hydrogens is 346 g/mol. The summed E-state index contributed by atoms with van der Waals surface area (Å²) in [5, 5.41) is 10.9. The van der Waals surface area contributed by atoms with E-state index in [1.54, 1.807) is 12.1 Å². The molecular formula is C21H27NO3S. The van der Waals surface area contributed by atoms with E-state index in [1.807, 2.05) is 42.5 Å². The minimum absolute atomic E-state index is 0.325. The molecule has 1 N–H and O–H groups in total. The number of aryl methyl sites for hydroxylation is 1. The molecule has 1 aliphatic heterocycles. The van der Waals surface area contributed by atoms with E-state index >= 15 is 0 Å². The quantitative estimate of drug-likeness (QED) is 0.840. The van der Waals surface area contributed by atoms with E-state index < -0.39 is 15.6 Å². The van der Waals surface area contributed by atoms with Gasteiger partial charge in [-0.05, 0) is 48.9 Å². The average molecular weight is 374 g/mol. The molecule has 0 spiro atoms. The van der Waals surface area contributed by atoms with Crippen LogP contribution in [-0.2, 0) is 22.0 Å². The summed E-state index contributed by atoms with van der Waals surface area (Å²) in [7, 11) is -3.51. The molecule has 3 rings (SSSR count). The van der Waals surface area contributed by atoms with Gasteiger partial charge in [-0.25, -0.2) is 8.42 Å². The Morgan fingerprint density at radius 2 is 1.62 bits per heavy atom. The Bertz CT molecular complexity index is 808. The van der Waals surface area contributed by atoms with Gasteiger partial charge in [0.1, 0.15) is 0 Å². The summed E-state index contributed by atoms with van der Waals surface area (Å²) >= 11 is 0. The highest BCUT2D eigenvalue weighted by molar-refractivity contribution is 7.89. The Kier molecular flexibility index (Phi) is 5.80. The lowest BCUT2D eigenvalue weighted by Crippen LogP contribution is -2.45. The predicted octanol–water partition coefficient (Wildman–Crippen LogP) is 3.70. The normalized spacial score (nSPS) is 17.9. The van der Waals surface area contributed by atoms with Crippen molar-refractivity contribution >= 4 is 10.0 Å². The summed E-state index contributed by atoms with van der Waals surface area (Å²) in [4.78, 5) is 0.336. The van der Waals surface area contributed by atoms with Crippen LogP contribution in [0.3, 0.4) is 0 Å². The third-order valence-electron chi connectivity index (χ3n) is 5.24. The SMILES string of the molecule is CCCCc1ccc(S(=O)(=O)N2CCC(O)(c3ccccc3)CC2)cc1. The summed E-state index contributed by atoms with van der Waals surface area (Å²) in [6.07, 6.45) is 4.02. The van der Waals surface area contributed by atoms with E-state index in [9.17, 15) is 13.5 Å². The fourth-order valence-electron chi connectivity index (χ4n) is 3.49. The lowest BCUT2D eigenvalue weighted by Gasteiger charge is -2.37. The van der Waals surface area contributed by atoms with Crippen LogP contribution in [0.25, 0.3) is 0 Å². The number of hydrogen-bond donors (Lipinski definition) is 1. The molecule has 5 heteroatoms. The zero-order valence-corrected chi connectivity index (χ0v) is 16.1. The number of sulfonamides is 1. The minimum atomic E-state index is -3.51. The van der Waals surface area contributed by atoms with E-state index in [-0.39, 0.29) is 0 Å². The molecule has 1 aliphatic rings. The van der Waals surface area contributed by atoms with Crippen molar-refractivity contribution in [3.63, 3.8) is 0 Å². The Morgan fingerprint density at radius 1 is 1.00 bits per heavy atom. The van der Waals surface area contributed by atoms with E-state index in [4.69, 9.17) is 0 Å². The first kappa shape index (κ1) is 19.1. The lowest BCUT2D eigenvalue weighted by molar-refractivity contribution is -0.00961. The Hall–Kier alpha value is -1.69. The highest BCUT2D eigenvalue weighted by atomic mass is 32.2. The number of benzene rings is 2. The van der Waals surface area contributed by atoms with Crippen LogP contribution in [0.1, 0.15) is 43.7 Å². The molecule has 0 aromatic heterocycles. The highest BCUT2D eigenvalue weighted by Crippen LogP contribution is 2.34. The Balaban J connectivity index is 1.70. The zero-order valence-electron chi connectivity index (χ0n) is 15.3. The van der Waals surface area contributed by atoms with Crippen LogP contribution in [0, 0.1) is 0 Å². The number of hydrogen-bond acceptors (Lipinski definition) is 3. The topological polar surface area (TPSA) is 57.6 Å². The smallest absolute Gasteiger partial charge is 0.243 e. The lowest BCUT2D eigenvalue weighted by atomic mass is 9.85. The van der Waals surface area contributed by atoms with Crippen LogP contribution < -0.4 is 0 Å². The second-order valence-electron chi connectivity index (χ2n) is 7.05. The molecule has 140 valence electrons. The number of aliphatic hydroxyl groups is 1. The van der Waals surface area contributed by atoms with Gasteiger partial charge in [0.15, 0.2) is 0 Å². The summed E-state index contributed by atoms with van der Waals surface area (Å²) in [5.74, 6) is 0. The van der Waals surface area contributed by atoms with Gasteiger partial charge in [-0.1, -0.05) is 55.8 Å². The molecule has 1 heterocycles. The van der Waals surface area contributed by atoms with Gasteiger partial charge in [-0.15, -0.1) is 0 Å². The fraction of sp³-hybridized carbons (Fsp3) is 0.429. The number of piperidine rings is 1. The Morgan fingerprint density at radius 3 is 2.19 bits per heavy atom. The van der Waals surface area contributed by atoms with E-state index in [2.05, 4.69) is 6.92 Å².